The van der Waals surface area contributed by atoms with Crippen molar-refractivity contribution in [3.8, 4) is 5.75 Å². The number of hydrogen-bond donors (Lipinski definition) is 2. The van der Waals surface area contributed by atoms with Gasteiger partial charge in [0.2, 0.25) is 0 Å². The lowest BCUT2D eigenvalue weighted by atomic mass is 9.90. The molecule has 0 aromatic heterocycles. The van der Waals surface area contributed by atoms with E-state index in [0.29, 0.717) is 37.0 Å². The molecule has 5 nitrogen and oxygen atoms in total. The van der Waals surface area contributed by atoms with Crippen LogP contribution in [0.5, 0.6) is 5.75 Å². The molecule has 152 valence electrons. The summed E-state index contributed by atoms with van der Waals surface area (Å²) in [7, 11) is 0. The average molecular weight is 389 g/mol. The molecular weight excluding hydrogens is 361 g/mol. The number of rotatable bonds is 7. The number of carbonyl (C=O) groups excluding carboxylic acids is 1. The second kappa shape index (κ2) is 8.19. The molecule has 6 heteroatoms. The van der Waals surface area contributed by atoms with Crippen molar-refractivity contribution < 1.29 is 23.8 Å². The number of aliphatic carboxylic acids is 1. The molecule has 0 bridgehead atoms. The Morgan fingerprint density at radius 2 is 1.75 bits per heavy atom. The predicted octanol–water partition coefficient (Wildman–Crippen LogP) is 4.05. The minimum atomic E-state index is -0.971. The third kappa shape index (κ3) is 4.22. The van der Waals surface area contributed by atoms with E-state index < -0.39 is 23.9 Å². The van der Waals surface area contributed by atoms with E-state index in [1.807, 2.05) is 0 Å². The molecule has 2 saturated carbocycles. The van der Waals surface area contributed by atoms with Crippen LogP contribution in [0.1, 0.15) is 79.6 Å². The van der Waals surface area contributed by atoms with Crippen LogP contribution in [0.2, 0.25) is 0 Å². The molecular formula is C22H28FNO4. The first-order chi connectivity index (χ1) is 13.5. The van der Waals surface area contributed by atoms with E-state index in [4.69, 9.17) is 9.84 Å². The fourth-order valence-electron chi connectivity index (χ4n) is 4.49. The summed E-state index contributed by atoms with van der Waals surface area (Å²) in [5, 5.41) is 11.9. The second-order valence-electron chi connectivity index (χ2n) is 8.51. The third-order valence-corrected chi connectivity index (χ3v) is 6.34. The van der Waals surface area contributed by atoms with Crippen LogP contribution < -0.4 is 10.1 Å². The van der Waals surface area contributed by atoms with Gasteiger partial charge in [0.15, 0.2) is 5.78 Å². The average Bonchev–Trinajstić information content (AvgIpc) is 3.41. The third-order valence-electron chi connectivity index (χ3n) is 6.34. The molecule has 0 amide bonds. The van der Waals surface area contributed by atoms with Crippen LogP contribution in [0.3, 0.4) is 0 Å². The summed E-state index contributed by atoms with van der Waals surface area (Å²) in [4.78, 5) is 23.9. The van der Waals surface area contributed by atoms with Crippen LogP contribution in [0.25, 0.3) is 0 Å². The Morgan fingerprint density at radius 3 is 2.39 bits per heavy atom. The van der Waals surface area contributed by atoms with Crippen molar-refractivity contribution in [2.24, 2.45) is 5.92 Å². The highest BCUT2D eigenvalue weighted by Gasteiger charge is 2.36. The molecule has 2 N–H and O–H groups in total. The molecule has 3 aliphatic rings. The van der Waals surface area contributed by atoms with Gasteiger partial charge in [0, 0.05) is 6.07 Å². The molecule has 1 aliphatic heterocycles. The van der Waals surface area contributed by atoms with Gasteiger partial charge in [-0.2, -0.15) is 0 Å². The summed E-state index contributed by atoms with van der Waals surface area (Å²) >= 11 is 0. The molecule has 28 heavy (non-hydrogen) atoms. The normalized spacial score (nSPS) is 25.6. The fraction of sp³-hybridized carbons (Fsp3) is 0.636. The lowest BCUT2D eigenvalue weighted by molar-refractivity contribution is -0.139. The number of nitrogens with one attached hydrogen (secondary N) is 1. The number of benzene rings is 1. The van der Waals surface area contributed by atoms with E-state index in [1.54, 1.807) is 6.07 Å². The Hall–Kier alpha value is -1.95. The topological polar surface area (TPSA) is 75.6 Å². The van der Waals surface area contributed by atoms with Gasteiger partial charge in [-0.05, 0) is 62.0 Å². The van der Waals surface area contributed by atoms with Crippen molar-refractivity contribution in [1.82, 2.24) is 5.32 Å². The zero-order valence-electron chi connectivity index (χ0n) is 16.1. The van der Waals surface area contributed by atoms with E-state index in [2.05, 4.69) is 5.32 Å². The summed E-state index contributed by atoms with van der Waals surface area (Å²) in [6.45, 7) is 0.608. The second-order valence-corrected chi connectivity index (χ2v) is 8.51. The summed E-state index contributed by atoms with van der Waals surface area (Å²) < 4.78 is 20.8. The summed E-state index contributed by atoms with van der Waals surface area (Å²) in [5.41, 5.74) is 0.976. The molecule has 2 aliphatic carbocycles. The Balaban J connectivity index is 1.50. The number of hydrogen-bond acceptors (Lipinski definition) is 4. The number of ketones is 1. The Bertz CT molecular complexity index is 755. The quantitative estimate of drug-likeness (QED) is 0.688. The van der Waals surface area contributed by atoms with E-state index in [-0.39, 0.29) is 11.3 Å². The highest BCUT2D eigenvalue weighted by atomic mass is 19.1. The van der Waals surface area contributed by atoms with Crippen molar-refractivity contribution in [2.45, 2.75) is 75.8 Å². The zero-order chi connectivity index (χ0) is 19.7. The van der Waals surface area contributed by atoms with Crippen LogP contribution in [-0.4, -0.2) is 35.5 Å². The van der Waals surface area contributed by atoms with Gasteiger partial charge in [-0.1, -0.05) is 19.3 Å². The van der Waals surface area contributed by atoms with Gasteiger partial charge >= 0.3 is 5.97 Å². The van der Waals surface area contributed by atoms with E-state index >= 15 is 0 Å². The van der Waals surface area contributed by atoms with Gasteiger partial charge in [0.25, 0.3) is 0 Å². The van der Waals surface area contributed by atoms with Gasteiger partial charge in [-0.25, -0.2) is 4.39 Å². The Labute approximate surface area is 164 Å². The first-order valence-corrected chi connectivity index (χ1v) is 10.5. The monoisotopic (exact) mass is 389 g/mol. The molecule has 1 aromatic rings. The van der Waals surface area contributed by atoms with Crippen LogP contribution in [0.15, 0.2) is 12.1 Å². The molecule has 1 aromatic carbocycles. The molecule has 3 fully saturated rings. The van der Waals surface area contributed by atoms with Crippen molar-refractivity contribution in [3.63, 3.8) is 0 Å². The zero-order valence-corrected chi connectivity index (χ0v) is 16.1. The number of carboxylic acids is 1. The number of halogens is 1. The van der Waals surface area contributed by atoms with Gasteiger partial charge in [-0.15, -0.1) is 0 Å². The van der Waals surface area contributed by atoms with Gasteiger partial charge < -0.3 is 9.84 Å². The van der Waals surface area contributed by atoms with E-state index in [0.717, 1.165) is 31.2 Å². The molecule has 2 atom stereocenters. The first kappa shape index (κ1) is 19.4. The Kier molecular flexibility index (Phi) is 5.67. The van der Waals surface area contributed by atoms with Crippen molar-refractivity contribution in [2.75, 3.05) is 6.61 Å². The highest BCUT2D eigenvalue weighted by molar-refractivity contribution is 6.01. The van der Waals surface area contributed by atoms with Gasteiger partial charge in [-0.3, -0.25) is 14.9 Å². The minimum Gasteiger partial charge on any atom is -0.493 e. The first-order valence-electron chi connectivity index (χ1n) is 10.5. The maximum Gasteiger partial charge on any atom is 0.320 e. The summed E-state index contributed by atoms with van der Waals surface area (Å²) in [5.74, 6) is -0.473. The van der Waals surface area contributed by atoms with E-state index in [9.17, 15) is 14.0 Å². The van der Waals surface area contributed by atoms with Crippen molar-refractivity contribution in [3.05, 3.63) is 29.1 Å². The largest absolute Gasteiger partial charge is 0.493 e. The van der Waals surface area contributed by atoms with Gasteiger partial charge in [0.05, 0.1) is 18.2 Å². The molecule has 0 radical (unpaired) electrons. The standard InChI is InChI=1S/C22H28FNO4/c23-17-11-20(28-12-13-4-2-1-3-5-13)15(14-6-7-14)10-16(17)21(25)18-8-9-19(24-18)22(26)27/h10-11,13-14,18-19,24H,1-9,12H2,(H,26,27). The molecule has 1 saturated heterocycles. The van der Waals surface area contributed by atoms with Crippen molar-refractivity contribution in [1.29, 1.82) is 0 Å². The molecule has 2 unspecified atom stereocenters. The van der Waals surface area contributed by atoms with Crippen LogP contribution in [-0.2, 0) is 4.79 Å². The summed E-state index contributed by atoms with van der Waals surface area (Å²) in [6, 6.07) is 1.64. The molecule has 0 spiro atoms. The minimum absolute atomic E-state index is 0.0513. The lowest BCUT2D eigenvalue weighted by Crippen LogP contribution is -2.39. The van der Waals surface area contributed by atoms with Crippen molar-refractivity contribution >= 4 is 11.8 Å². The SMILES string of the molecule is O=C(O)C1CCC(C(=O)c2cc(C3CC3)c(OCC3CCCCC3)cc2F)N1. The van der Waals surface area contributed by atoms with Crippen LogP contribution in [0, 0.1) is 11.7 Å². The maximum atomic E-state index is 14.8. The molecule has 1 heterocycles. The number of ether oxygens (including phenoxy) is 1. The van der Waals surface area contributed by atoms with Crippen LogP contribution >= 0.6 is 0 Å². The number of carbonyl (C=O) groups is 2. The van der Waals surface area contributed by atoms with Gasteiger partial charge in [0.1, 0.15) is 17.6 Å². The highest BCUT2D eigenvalue weighted by Crippen LogP contribution is 2.45. The van der Waals surface area contributed by atoms with E-state index in [1.165, 1.54) is 25.3 Å². The smallest absolute Gasteiger partial charge is 0.320 e. The molecule has 4 rings (SSSR count). The van der Waals surface area contributed by atoms with Crippen LogP contribution in [0.4, 0.5) is 4.39 Å². The number of carboxylic acid groups (broad SMARTS) is 1. The Morgan fingerprint density at radius 1 is 1.04 bits per heavy atom. The number of Topliss-reactive ketones (excluding diaryl/α,β-unsaturated/α-hetero) is 1. The maximum absolute atomic E-state index is 14.8. The lowest BCUT2D eigenvalue weighted by Gasteiger charge is -2.23. The fourth-order valence-corrected chi connectivity index (χ4v) is 4.49. The predicted molar refractivity (Wildman–Crippen MR) is 102 cm³/mol. The summed E-state index contributed by atoms with van der Waals surface area (Å²) in [6.07, 6.45) is 8.93.